The van der Waals surface area contributed by atoms with Crippen LogP contribution in [-0.4, -0.2) is 17.7 Å². The maximum Gasteiger partial charge on any atom is 0.338 e. The van der Waals surface area contributed by atoms with Crippen molar-refractivity contribution < 1.29 is 13.9 Å². The monoisotopic (exact) mass is 306 g/mol. The minimum Gasteiger partial charge on any atom is -0.458 e. The first kappa shape index (κ1) is 15.2. The quantitative estimate of drug-likeness (QED) is 0.508. The molecule has 0 bridgehead atoms. The van der Waals surface area contributed by atoms with E-state index in [1.54, 1.807) is 25.1 Å². The summed E-state index contributed by atoms with van der Waals surface area (Å²) >= 11 is 5.08. The Morgan fingerprint density at radius 1 is 1.52 bits per heavy atom. The molecule has 0 saturated carbocycles. The number of nitrogens with one attached hydrogen (secondary N) is 2. The molecule has 0 spiro atoms. The van der Waals surface area contributed by atoms with Gasteiger partial charge in [0.25, 0.3) is 0 Å². The van der Waals surface area contributed by atoms with Gasteiger partial charge >= 0.3 is 5.97 Å². The fourth-order valence-corrected chi connectivity index (χ4v) is 2.39. The topological polar surface area (TPSA) is 50.4 Å². The van der Waals surface area contributed by atoms with Gasteiger partial charge in [0.15, 0.2) is 5.11 Å². The summed E-state index contributed by atoms with van der Waals surface area (Å²) in [5.41, 5.74) is 1.18. The molecule has 0 radical (unpaired) electrons. The Kier molecular flexibility index (Phi) is 4.70. The molecule has 1 atom stereocenters. The molecule has 6 heteroatoms. The second-order valence-corrected chi connectivity index (χ2v) is 4.89. The molecule has 0 aliphatic carbocycles. The molecule has 1 aliphatic heterocycles. The molecule has 2 rings (SSSR count). The molecule has 0 saturated heterocycles. The average molecular weight is 306 g/mol. The highest BCUT2D eigenvalue weighted by Crippen LogP contribution is 2.29. The van der Waals surface area contributed by atoms with E-state index in [1.807, 2.05) is 0 Å². The van der Waals surface area contributed by atoms with Crippen LogP contribution in [-0.2, 0) is 9.53 Å². The zero-order valence-electron chi connectivity index (χ0n) is 11.5. The molecule has 1 aromatic rings. The van der Waals surface area contributed by atoms with Crippen molar-refractivity contribution in [3.8, 4) is 0 Å². The molecule has 1 aliphatic rings. The van der Waals surface area contributed by atoms with Crippen molar-refractivity contribution in [2.24, 2.45) is 0 Å². The van der Waals surface area contributed by atoms with Crippen molar-refractivity contribution in [1.29, 1.82) is 0 Å². The number of allylic oxidation sites excluding steroid dienone is 1. The van der Waals surface area contributed by atoms with E-state index >= 15 is 0 Å². The number of esters is 1. The van der Waals surface area contributed by atoms with E-state index in [1.165, 1.54) is 12.1 Å². The zero-order chi connectivity index (χ0) is 15.4. The van der Waals surface area contributed by atoms with Gasteiger partial charge in [0.05, 0.1) is 11.6 Å². The average Bonchev–Trinajstić information content (AvgIpc) is 2.44. The van der Waals surface area contributed by atoms with Gasteiger partial charge in [-0.05, 0) is 25.2 Å². The Morgan fingerprint density at radius 2 is 2.24 bits per heavy atom. The van der Waals surface area contributed by atoms with Gasteiger partial charge in [0.2, 0.25) is 0 Å². The number of rotatable bonds is 4. The fourth-order valence-electron chi connectivity index (χ4n) is 2.12. The van der Waals surface area contributed by atoms with Crippen molar-refractivity contribution in [1.82, 2.24) is 10.6 Å². The largest absolute Gasteiger partial charge is 0.458 e. The highest BCUT2D eigenvalue weighted by atomic mass is 32.1. The Labute approximate surface area is 127 Å². The number of hydrogen-bond donors (Lipinski definition) is 2. The van der Waals surface area contributed by atoms with Crippen molar-refractivity contribution in [2.75, 3.05) is 6.61 Å². The van der Waals surface area contributed by atoms with Crippen molar-refractivity contribution in [3.05, 3.63) is 59.6 Å². The van der Waals surface area contributed by atoms with Gasteiger partial charge in [0, 0.05) is 11.3 Å². The Balaban J connectivity index is 2.43. The third kappa shape index (κ3) is 3.28. The van der Waals surface area contributed by atoms with E-state index in [9.17, 15) is 9.18 Å². The fraction of sp³-hybridized carbons (Fsp3) is 0.200. The number of hydrogen-bond acceptors (Lipinski definition) is 3. The number of ether oxygens (including phenoxy) is 1. The van der Waals surface area contributed by atoms with Gasteiger partial charge in [-0.25, -0.2) is 9.18 Å². The maximum absolute atomic E-state index is 14.0. The first-order chi connectivity index (χ1) is 10.0. The number of thiocarbonyl (C=S) groups is 1. The van der Waals surface area contributed by atoms with E-state index in [2.05, 4.69) is 17.2 Å². The van der Waals surface area contributed by atoms with E-state index < -0.39 is 17.8 Å². The van der Waals surface area contributed by atoms with Crippen LogP contribution in [0.25, 0.3) is 0 Å². The first-order valence-electron chi connectivity index (χ1n) is 6.35. The molecular weight excluding hydrogens is 291 g/mol. The molecule has 0 aromatic heterocycles. The maximum atomic E-state index is 14.0. The van der Waals surface area contributed by atoms with Crippen LogP contribution in [0.4, 0.5) is 4.39 Å². The summed E-state index contributed by atoms with van der Waals surface area (Å²) in [5, 5.41) is 6.10. The van der Waals surface area contributed by atoms with Gasteiger partial charge in [-0.15, -0.1) is 0 Å². The summed E-state index contributed by atoms with van der Waals surface area (Å²) in [6.07, 6.45) is 1.47. The lowest BCUT2D eigenvalue weighted by molar-refractivity contribution is -0.138. The second-order valence-electron chi connectivity index (χ2n) is 4.48. The van der Waals surface area contributed by atoms with Crippen LogP contribution in [0.5, 0.6) is 0 Å². The predicted molar refractivity (Wildman–Crippen MR) is 81.9 cm³/mol. The highest BCUT2D eigenvalue weighted by molar-refractivity contribution is 7.80. The Hall–Kier alpha value is -2.21. The second kappa shape index (κ2) is 6.49. The van der Waals surface area contributed by atoms with Gasteiger partial charge < -0.3 is 15.4 Å². The molecular formula is C15H15FN2O2S. The number of benzene rings is 1. The normalized spacial score (nSPS) is 17.8. The standard InChI is InChI=1S/C15H15FN2O2S/c1-3-8-20-14(19)12-9(2)17-15(21)18-13(12)10-6-4-5-7-11(10)16/h3-7,13H,1,8H2,2H3,(H2,17,18,21)/t13-/m0/s1. The minimum atomic E-state index is -0.683. The summed E-state index contributed by atoms with van der Waals surface area (Å²) in [7, 11) is 0. The van der Waals surface area contributed by atoms with Crippen molar-refractivity contribution >= 4 is 23.3 Å². The smallest absolute Gasteiger partial charge is 0.338 e. The van der Waals surface area contributed by atoms with E-state index in [-0.39, 0.29) is 6.61 Å². The molecule has 21 heavy (non-hydrogen) atoms. The summed E-state index contributed by atoms with van der Waals surface area (Å²) in [5.74, 6) is -0.954. The Morgan fingerprint density at radius 3 is 2.90 bits per heavy atom. The highest BCUT2D eigenvalue weighted by Gasteiger charge is 2.32. The van der Waals surface area contributed by atoms with E-state index in [4.69, 9.17) is 17.0 Å². The van der Waals surface area contributed by atoms with Gasteiger partial charge in [-0.3, -0.25) is 0 Å². The number of carbonyl (C=O) groups excluding carboxylic acids is 1. The molecule has 4 nitrogen and oxygen atoms in total. The molecule has 0 unspecified atom stereocenters. The number of halogens is 1. The zero-order valence-corrected chi connectivity index (χ0v) is 12.3. The minimum absolute atomic E-state index is 0.0874. The summed E-state index contributed by atoms with van der Waals surface area (Å²) in [6, 6.07) is 5.55. The molecule has 1 heterocycles. The van der Waals surface area contributed by atoms with E-state index in [0.717, 1.165) is 0 Å². The van der Waals surface area contributed by atoms with Crippen molar-refractivity contribution in [2.45, 2.75) is 13.0 Å². The summed E-state index contributed by atoms with van der Waals surface area (Å²) in [4.78, 5) is 12.2. The lowest BCUT2D eigenvalue weighted by atomic mass is 9.95. The van der Waals surface area contributed by atoms with Crippen LogP contribution in [0.2, 0.25) is 0 Å². The Bertz CT molecular complexity index is 628. The third-order valence-electron chi connectivity index (χ3n) is 3.04. The van der Waals surface area contributed by atoms with E-state index in [0.29, 0.717) is 21.9 Å². The van der Waals surface area contributed by atoms with Crippen LogP contribution in [0.3, 0.4) is 0 Å². The number of carbonyl (C=O) groups is 1. The molecule has 110 valence electrons. The lowest BCUT2D eigenvalue weighted by Gasteiger charge is -2.29. The molecule has 1 aromatic carbocycles. The SMILES string of the molecule is C=CCOC(=O)C1=C(C)NC(=S)N[C@H]1c1ccccc1F. The van der Waals surface area contributed by atoms with Gasteiger partial charge in [0.1, 0.15) is 12.4 Å². The van der Waals surface area contributed by atoms with Crippen LogP contribution < -0.4 is 10.6 Å². The van der Waals surface area contributed by atoms with Crippen LogP contribution >= 0.6 is 12.2 Å². The van der Waals surface area contributed by atoms with Crippen molar-refractivity contribution in [3.63, 3.8) is 0 Å². The molecule has 0 amide bonds. The van der Waals surface area contributed by atoms with Gasteiger partial charge in [-0.1, -0.05) is 30.9 Å². The first-order valence-corrected chi connectivity index (χ1v) is 6.76. The van der Waals surface area contributed by atoms with Gasteiger partial charge in [-0.2, -0.15) is 0 Å². The third-order valence-corrected chi connectivity index (χ3v) is 3.26. The molecule has 0 fully saturated rings. The van der Waals surface area contributed by atoms with Crippen LogP contribution in [0.1, 0.15) is 18.5 Å². The van der Waals surface area contributed by atoms with Crippen LogP contribution in [0, 0.1) is 5.82 Å². The predicted octanol–water partition coefficient (Wildman–Crippen LogP) is 2.35. The molecule has 2 N–H and O–H groups in total. The summed E-state index contributed by atoms with van der Waals surface area (Å²) < 4.78 is 19.1. The lowest BCUT2D eigenvalue weighted by Crippen LogP contribution is -2.45. The van der Waals surface area contributed by atoms with Crippen LogP contribution in [0.15, 0.2) is 48.2 Å². The summed E-state index contributed by atoms with van der Waals surface area (Å²) in [6.45, 7) is 5.28.